The van der Waals surface area contributed by atoms with Crippen LogP contribution in [0.5, 0.6) is 5.75 Å². The number of hydrogen-bond acceptors (Lipinski definition) is 4. The van der Waals surface area contributed by atoms with Gasteiger partial charge in [0, 0.05) is 19.8 Å². The maximum atomic E-state index is 13.4. The fourth-order valence-electron chi connectivity index (χ4n) is 1.95. The van der Waals surface area contributed by atoms with Crippen molar-refractivity contribution in [3.8, 4) is 5.75 Å². The summed E-state index contributed by atoms with van der Waals surface area (Å²) in [5, 5.41) is 4.03. The van der Waals surface area contributed by atoms with Crippen LogP contribution in [0.3, 0.4) is 0 Å². The highest BCUT2D eigenvalue weighted by molar-refractivity contribution is 5.99. The van der Waals surface area contributed by atoms with E-state index in [-0.39, 0.29) is 12.4 Å². The Labute approximate surface area is 140 Å². The molecule has 0 fully saturated rings. The average Bonchev–Trinajstić information content (AvgIpc) is 2.59. The zero-order chi connectivity index (χ0) is 17.5. The van der Waals surface area contributed by atoms with E-state index in [4.69, 9.17) is 4.74 Å². The molecule has 5 nitrogen and oxygen atoms in total. The normalized spacial score (nSPS) is 11.1. The summed E-state index contributed by atoms with van der Waals surface area (Å²) in [6, 6.07) is 13.7. The smallest absolute Gasteiger partial charge is 0.277 e. The summed E-state index contributed by atoms with van der Waals surface area (Å²) in [7, 11) is 3.93. The first-order valence-electron chi connectivity index (χ1n) is 7.45. The third-order valence-corrected chi connectivity index (χ3v) is 3.35. The van der Waals surface area contributed by atoms with Crippen molar-refractivity contribution in [2.45, 2.75) is 6.92 Å². The molecule has 0 bridgehead atoms. The molecule has 1 N–H and O–H groups in total. The lowest BCUT2D eigenvalue weighted by Crippen LogP contribution is -2.25. The monoisotopic (exact) mass is 329 g/mol. The zero-order valence-corrected chi connectivity index (χ0v) is 13.9. The van der Waals surface area contributed by atoms with Crippen molar-refractivity contribution >= 4 is 17.3 Å². The highest BCUT2D eigenvalue weighted by atomic mass is 19.1. The first-order valence-corrected chi connectivity index (χ1v) is 7.45. The molecule has 0 spiro atoms. The molecule has 0 aliphatic heterocycles. The number of benzene rings is 2. The van der Waals surface area contributed by atoms with Crippen molar-refractivity contribution in [2.24, 2.45) is 5.10 Å². The van der Waals surface area contributed by atoms with Crippen molar-refractivity contribution in [3.63, 3.8) is 0 Å². The predicted molar refractivity (Wildman–Crippen MR) is 93.0 cm³/mol. The Morgan fingerprint density at radius 3 is 2.46 bits per heavy atom. The highest BCUT2D eigenvalue weighted by Crippen LogP contribution is 2.15. The lowest BCUT2D eigenvalue weighted by atomic mass is 10.1. The Morgan fingerprint density at radius 2 is 1.83 bits per heavy atom. The summed E-state index contributed by atoms with van der Waals surface area (Å²) in [5.41, 5.74) is 5.04. The molecule has 0 heterocycles. The number of nitrogens with one attached hydrogen (secondary N) is 1. The topological polar surface area (TPSA) is 53.9 Å². The van der Waals surface area contributed by atoms with Crippen LogP contribution in [0.25, 0.3) is 0 Å². The van der Waals surface area contributed by atoms with Gasteiger partial charge < -0.3 is 9.64 Å². The van der Waals surface area contributed by atoms with E-state index in [0.29, 0.717) is 5.71 Å². The number of carbonyl (C=O) groups excluding carboxylic acids is 1. The number of anilines is 1. The molecule has 126 valence electrons. The van der Waals surface area contributed by atoms with E-state index in [1.807, 2.05) is 43.3 Å². The van der Waals surface area contributed by atoms with Crippen molar-refractivity contribution in [1.29, 1.82) is 0 Å². The standard InChI is InChI=1S/C18H20FN3O2/c1-13(14-8-10-15(11-9-14)22(2)3)20-21-18(23)12-24-17-7-5-4-6-16(17)19/h4-11H,12H2,1-3H3,(H,21,23)/b20-13-. The van der Waals surface area contributed by atoms with E-state index in [9.17, 15) is 9.18 Å². The van der Waals surface area contributed by atoms with Gasteiger partial charge in [-0.3, -0.25) is 4.79 Å². The van der Waals surface area contributed by atoms with Crippen LogP contribution in [0.15, 0.2) is 53.6 Å². The van der Waals surface area contributed by atoms with Crippen LogP contribution in [0.1, 0.15) is 12.5 Å². The van der Waals surface area contributed by atoms with Gasteiger partial charge in [-0.15, -0.1) is 0 Å². The van der Waals surface area contributed by atoms with Crippen molar-refractivity contribution in [1.82, 2.24) is 5.43 Å². The summed E-state index contributed by atoms with van der Waals surface area (Å²) in [5.74, 6) is -0.930. The molecule has 0 atom stereocenters. The molecule has 2 aromatic carbocycles. The minimum atomic E-state index is -0.508. The highest BCUT2D eigenvalue weighted by Gasteiger charge is 2.06. The van der Waals surface area contributed by atoms with Gasteiger partial charge in [0.15, 0.2) is 18.2 Å². The number of amides is 1. The van der Waals surface area contributed by atoms with E-state index in [1.54, 1.807) is 19.1 Å². The van der Waals surface area contributed by atoms with E-state index in [2.05, 4.69) is 10.5 Å². The molecule has 0 saturated carbocycles. The van der Waals surface area contributed by atoms with Crippen LogP contribution in [0, 0.1) is 5.82 Å². The molecular weight excluding hydrogens is 309 g/mol. The van der Waals surface area contributed by atoms with Gasteiger partial charge in [0.25, 0.3) is 5.91 Å². The second-order valence-electron chi connectivity index (χ2n) is 5.39. The van der Waals surface area contributed by atoms with Gasteiger partial charge in [0.1, 0.15) is 0 Å². The minimum Gasteiger partial charge on any atom is -0.481 e. The van der Waals surface area contributed by atoms with Crippen LogP contribution in [0.4, 0.5) is 10.1 Å². The van der Waals surface area contributed by atoms with Crippen LogP contribution in [-0.4, -0.2) is 32.3 Å². The number of carbonyl (C=O) groups is 1. The Bertz CT molecular complexity index is 727. The number of nitrogens with zero attached hydrogens (tertiary/aromatic N) is 2. The molecule has 0 saturated heterocycles. The van der Waals surface area contributed by atoms with Gasteiger partial charge in [-0.25, -0.2) is 9.82 Å². The lowest BCUT2D eigenvalue weighted by Gasteiger charge is -2.12. The van der Waals surface area contributed by atoms with Crippen LogP contribution in [-0.2, 0) is 4.79 Å². The van der Waals surface area contributed by atoms with Gasteiger partial charge in [0.05, 0.1) is 5.71 Å². The van der Waals surface area contributed by atoms with E-state index in [1.165, 1.54) is 12.1 Å². The number of hydrazone groups is 1. The Morgan fingerprint density at radius 1 is 1.17 bits per heavy atom. The minimum absolute atomic E-state index is 0.0348. The number of ether oxygens (including phenoxy) is 1. The SMILES string of the molecule is C/C(=N/NC(=O)COc1ccccc1F)c1ccc(N(C)C)cc1. The van der Waals surface area contributed by atoms with Crippen molar-refractivity contribution < 1.29 is 13.9 Å². The molecule has 2 rings (SSSR count). The maximum absolute atomic E-state index is 13.4. The fourth-order valence-corrected chi connectivity index (χ4v) is 1.95. The summed E-state index contributed by atoms with van der Waals surface area (Å²) >= 11 is 0. The Kier molecular flexibility index (Phi) is 5.89. The molecular formula is C18H20FN3O2. The molecule has 6 heteroatoms. The zero-order valence-electron chi connectivity index (χ0n) is 13.9. The van der Waals surface area contributed by atoms with Crippen LogP contribution in [0.2, 0.25) is 0 Å². The van der Waals surface area contributed by atoms with Gasteiger partial charge in [-0.05, 0) is 36.8 Å². The molecule has 0 aliphatic rings. The Balaban J connectivity index is 1.89. The fraction of sp³-hybridized carbons (Fsp3) is 0.222. The first-order chi connectivity index (χ1) is 11.5. The van der Waals surface area contributed by atoms with Gasteiger partial charge in [-0.1, -0.05) is 24.3 Å². The molecule has 0 aliphatic carbocycles. The summed E-state index contributed by atoms with van der Waals surface area (Å²) in [4.78, 5) is 13.7. The summed E-state index contributed by atoms with van der Waals surface area (Å²) in [6.45, 7) is 1.49. The average molecular weight is 329 g/mol. The van der Waals surface area contributed by atoms with Crippen molar-refractivity contribution in [2.75, 3.05) is 25.6 Å². The number of rotatable bonds is 6. The molecule has 0 aromatic heterocycles. The largest absolute Gasteiger partial charge is 0.481 e. The van der Waals surface area contributed by atoms with Crippen LogP contribution >= 0.6 is 0 Å². The Hall–Kier alpha value is -2.89. The second kappa shape index (κ2) is 8.10. The summed E-state index contributed by atoms with van der Waals surface area (Å²) in [6.07, 6.45) is 0. The predicted octanol–water partition coefficient (Wildman–Crippen LogP) is 2.81. The number of hydrogen-bond donors (Lipinski definition) is 1. The molecule has 24 heavy (non-hydrogen) atoms. The van der Waals surface area contributed by atoms with Gasteiger partial charge >= 0.3 is 0 Å². The van der Waals surface area contributed by atoms with E-state index in [0.717, 1.165) is 11.3 Å². The van der Waals surface area contributed by atoms with Crippen molar-refractivity contribution in [3.05, 3.63) is 59.9 Å². The first kappa shape index (κ1) is 17.5. The molecule has 0 radical (unpaired) electrons. The van der Waals surface area contributed by atoms with Crippen LogP contribution < -0.4 is 15.1 Å². The van der Waals surface area contributed by atoms with Gasteiger partial charge in [0.2, 0.25) is 0 Å². The van der Waals surface area contributed by atoms with E-state index >= 15 is 0 Å². The quantitative estimate of drug-likeness (QED) is 0.655. The third-order valence-electron chi connectivity index (χ3n) is 3.35. The third kappa shape index (κ3) is 4.81. The maximum Gasteiger partial charge on any atom is 0.277 e. The molecule has 0 unspecified atom stereocenters. The summed E-state index contributed by atoms with van der Waals surface area (Å²) < 4.78 is 18.5. The molecule has 1 amide bonds. The number of para-hydroxylation sites is 1. The lowest BCUT2D eigenvalue weighted by molar-refractivity contribution is -0.123. The van der Waals surface area contributed by atoms with Gasteiger partial charge in [-0.2, -0.15) is 5.10 Å². The second-order valence-corrected chi connectivity index (χ2v) is 5.39. The molecule has 2 aromatic rings. The van der Waals surface area contributed by atoms with E-state index < -0.39 is 11.7 Å². The number of halogens is 1.